The van der Waals surface area contributed by atoms with E-state index in [4.69, 9.17) is 4.74 Å². The molecule has 1 saturated carbocycles. The van der Waals surface area contributed by atoms with Gasteiger partial charge in [-0.15, -0.1) is 0 Å². The SMILES string of the molecule is C/C=C\C=C(/CC(=O)NS(=O)(=O)c1ccc(C(=O)N(C)C2CC2)cc1)OC. The lowest BCUT2D eigenvalue weighted by Crippen LogP contribution is -2.31. The first-order valence-electron chi connectivity index (χ1n) is 8.57. The number of nitrogens with zero attached hydrogens (tertiary/aromatic N) is 1. The van der Waals surface area contributed by atoms with E-state index in [2.05, 4.69) is 0 Å². The Morgan fingerprint density at radius 2 is 1.89 bits per heavy atom. The maximum Gasteiger partial charge on any atom is 0.264 e. The highest BCUT2D eigenvalue weighted by atomic mass is 32.2. The zero-order valence-corrected chi connectivity index (χ0v) is 16.5. The molecular formula is C19H24N2O5S. The number of nitrogens with one attached hydrogen (secondary N) is 1. The summed E-state index contributed by atoms with van der Waals surface area (Å²) >= 11 is 0. The van der Waals surface area contributed by atoms with Crippen LogP contribution in [0.15, 0.2) is 53.1 Å². The molecule has 0 aromatic heterocycles. The minimum absolute atomic E-state index is 0.0853. The third-order valence-electron chi connectivity index (χ3n) is 4.15. The van der Waals surface area contributed by atoms with E-state index in [1.165, 1.54) is 31.4 Å². The first-order valence-corrected chi connectivity index (χ1v) is 10.1. The highest BCUT2D eigenvalue weighted by Gasteiger charge is 2.30. The molecule has 7 nitrogen and oxygen atoms in total. The first kappa shape index (κ1) is 20.7. The van der Waals surface area contributed by atoms with E-state index in [1.54, 1.807) is 30.2 Å². The van der Waals surface area contributed by atoms with Gasteiger partial charge in [0.25, 0.3) is 15.9 Å². The summed E-state index contributed by atoms with van der Waals surface area (Å²) in [5.41, 5.74) is 0.408. The number of benzene rings is 1. The van der Waals surface area contributed by atoms with Crippen LogP contribution in [0.5, 0.6) is 0 Å². The molecule has 1 N–H and O–H groups in total. The summed E-state index contributed by atoms with van der Waals surface area (Å²) in [6.07, 6.45) is 6.82. The van der Waals surface area contributed by atoms with Gasteiger partial charge in [0, 0.05) is 18.7 Å². The standard InChI is InChI=1S/C19H24N2O5S/c1-4-5-6-16(26-3)13-18(22)20-27(24,25)17-11-7-14(8-12-17)19(23)21(2)15-9-10-15/h4-8,11-12,15H,9-10,13H2,1-3H3,(H,20,22)/b5-4-,16-6+. The Balaban J connectivity index is 2.05. The third-order valence-corrected chi connectivity index (χ3v) is 5.54. The first-order chi connectivity index (χ1) is 12.8. The van der Waals surface area contributed by atoms with Crippen molar-refractivity contribution in [2.45, 2.75) is 37.1 Å². The van der Waals surface area contributed by atoms with Gasteiger partial charge < -0.3 is 9.64 Å². The lowest BCUT2D eigenvalue weighted by molar-refractivity contribution is -0.119. The van der Waals surface area contributed by atoms with E-state index in [0.29, 0.717) is 11.3 Å². The van der Waals surface area contributed by atoms with Crippen molar-refractivity contribution < 1.29 is 22.7 Å². The Hall–Kier alpha value is -2.61. The zero-order valence-electron chi connectivity index (χ0n) is 15.6. The van der Waals surface area contributed by atoms with E-state index in [-0.39, 0.29) is 23.3 Å². The fourth-order valence-electron chi connectivity index (χ4n) is 2.41. The second-order valence-electron chi connectivity index (χ2n) is 6.24. The third kappa shape index (κ3) is 5.68. The van der Waals surface area contributed by atoms with Gasteiger partial charge in [-0.1, -0.05) is 12.2 Å². The molecule has 1 aromatic rings. The number of ether oxygens (including phenoxy) is 1. The summed E-state index contributed by atoms with van der Waals surface area (Å²) in [5, 5.41) is 0. The molecule has 0 aliphatic heterocycles. The summed E-state index contributed by atoms with van der Waals surface area (Å²) in [5.74, 6) is -0.518. The number of rotatable bonds is 8. The van der Waals surface area contributed by atoms with Crippen molar-refractivity contribution >= 4 is 21.8 Å². The molecule has 0 atom stereocenters. The van der Waals surface area contributed by atoms with Gasteiger partial charge in [-0.05, 0) is 50.1 Å². The van der Waals surface area contributed by atoms with E-state index in [9.17, 15) is 18.0 Å². The van der Waals surface area contributed by atoms with Gasteiger partial charge in [-0.25, -0.2) is 13.1 Å². The van der Waals surface area contributed by atoms with Crippen molar-refractivity contribution in [3.8, 4) is 0 Å². The second kappa shape index (κ2) is 8.85. The van der Waals surface area contributed by atoms with E-state index in [0.717, 1.165) is 12.8 Å². The monoisotopic (exact) mass is 392 g/mol. The lowest BCUT2D eigenvalue weighted by atomic mass is 10.2. The molecule has 0 spiro atoms. The van der Waals surface area contributed by atoms with Crippen LogP contribution in [0, 0.1) is 0 Å². The maximum atomic E-state index is 12.4. The van der Waals surface area contributed by atoms with E-state index in [1.807, 2.05) is 11.6 Å². The molecule has 1 fully saturated rings. The smallest absolute Gasteiger partial charge is 0.264 e. The molecule has 2 rings (SSSR count). The number of carbonyl (C=O) groups excluding carboxylic acids is 2. The van der Waals surface area contributed by atoms with Crippen LogP contribution in [0.1, 0.15) is 36.5 Å². The molecule has 0 saturated heterocycles. The fraction of sp³-hybridized carbons (Fsp3) is 0.368. The molecule has 1 aliphatic carbocycles. The quantitative estimate of drug-likeness (QED) is 0.541. The highest BCUT2D eigenvalue weighted by molar-refractivity contribution is 7.90. The van der Waals surface area contributed by atoms with Crippen LogP contribution < -0.4 is 4.72 Å². The molecule has 1 aliphatic rings. The molecule has 0 unspecified atom stereocenters. The normalized spacial score (nSPS) is 14.9. The maximum absolute atomic E-state index is 12.4. The number of hydrogen-bond donors (Lipinski definition) is 1. The molecule has 2 amide bonds. The number of allylic oxidation sites excluding steroid dienone is 3. The van der Waals surface area contributed by atoms with Crippen molar-refractivity contribution in [1.29, 1.82) is 0 Å². The van der Waals surface area contributed by atoms with Gasteiger partial charge in [0.1, 0.15) is 5.76 Å². The number of methoxy groups -OCH3 is 1. The molecule has 1 aromatic carbocycles. The molecule has 0 bridgehead atoms. The second-order valence-corrected chi connectivity index (χ2v) is 7.92. The van der Waals surface area contributed by atoms with Crippen LogP contribution in [0.25, 0.3) is 0 Å². The Labute approximate surface area is 159 Å². The Morgan fingerprint density at radius 1 is 1.26 bits per heavy atom. The van der Waals surface area contributed by atoms with Crippen LogP contribution >= 0.6 is 0 Å². The van der Waals surface area contributed by atoms with Crippen LogP contribution in [0.4, 0.5) is 0 Å². The Bertz CT molecular complexity index is 853. The number of hydrogen-bond acceptors (Lipinski definition) is 5. The van der Waals surface area contributed by atoms with Gasteiger partial charge in [-0.2, -0.15) is 0 Å². The largest absolute Gasteiger partial charge is 0.501 e. The molecule has 146 valence electrons. The number of amides is 2. The van der Waals surface area contributed by atoms with E-state index < -0.39 is 15.9 Å². The molecule has 0 heterocycles. The van der Waals surface area contributed by atoms with Gasteiger partial charge in [0.2, 0.25) is 5.91 Å². The van der Waals surface area contributed by atoms with Crippen molar-refractivity contribution in [1.82, 2.24) is 9.62 Å². The van der Waals surface area contributed by atoms with Gasteiger partial charge in [0.15, 0.2) is 0 Å². The van der Waals surface area contributed by atoms with E-state index >= 15 is 0 Å². The van der Waals surface area contributed by atoms with Crippen LogP contribution in [-0.4, -0.2) is 45.3 Å². The molecule has 0 radical (unpaired) electrons. The predicted molar refractivity (Wildman–Crippen MR) is 101 cm³/mol. The molecular weight excluding hydrogens is 368 g/mol. The van der Waals surface area contributed by atoms with Gasteiger partial charge in [-0.3, -0.25) is 9.59 Å². The lowest BCUT2D eigenvalue weighted by Gasteiger charge is -2.16. The average Bonchev–Trinajstić information content (AvgIpc) is 3.48. The number of sulfonamides is 1. The van der Waals surface area contributed by atoms with Crippen molar-refractivity contribution in [2.75, 3.05) is 14.2 Å². The average molecular weight is 392 g/mol. The topological polar surface area (TPSA) is 92.8 Å². The van der Waals surface area contributed by atoms with Crippen molar-refractivity contribution in [3.05, 3.63) is 53.8 Å². The summed E-state index contributed by atoms with van der Waals surface area (Å²) in [4.78, 5) is 25.9. The van der Waals surface area contributed by atoms with Crippen LogP contribution in [0.3, 0.4) is 0 Å². The summed E-state index contributed by atoms with van der Waals surface area (Å²) in [6.45, 7) is 1.81. The molecule has 8 heteroatoms. The Kier molecular flexibility index (Phi) is 6.79. The summed E-state index contributed by atoms with van der Waals surface area (Å²) in [6, 6.07) is 5.80. The van der Waals surface area contributed by atoms with Gasteiger partial charge >= 0.3 is 0 Å². The molecule has 27 heavy (non-hydrogen) atoms. The summed E-state index contributed by atoms with van der Waals surface area (Å²) < 4.78 is 31.8. The fourth-order valence-corrected chi connectivity index (χ4v) is 3.40. The zero-order chi connectivity index (χ0) is 20.0. The number of carbonyl (C=O) groups is 2. The highest BCUT2D eigenvalue weighted by Crippen LogP contribution is 2.26. The van der Waals surface area contributed by atoms with Crippen LogP contribution in [0.2, 0.25) is 0 Å². The van der Waals surface area contributed by atoms with Crippen LogP contribution in [-0.2, 0) is 19.6 Å². The minimum Gasteiger partial charge on any atom is -0.501 e. The minimum atomic E-state index is -4.03. The predicted octanol–water partition coefficient (Wildman–Crippen LogP) is 2.22. The van der Waals surface area contributed by atoms with Crippen molar-refractivity contribution in [2.24, 2.45) is 0 Å². The van der Waals surface area contributed by atoms with Crippen molar-refractivity contribution in [3.63, 3.8) is 0 Å². The Morgan fingerprint density at radius 3 is 2.41 bits per heavy atom. The summed E-state index contributed by atoms with van der Waals surface area (Å²) in [7, 11) is -0.882. The van der Waals surface area contributed by atoms with Gasteiger partial charge in [0.05, 0.1) is 18.4 Å².